The van der Waals surface area contributed by atoms with Gasteiger partial charge in [-0.2, -0.15) is 0 Å². The van der Waals surface area contributed by atoms with Crippen LogP contribution in [-0.2, 0) is 23.2 Å². The Kier molecular flexibility index (Phi) is 4.07. The Hall–Kier alpha value is -2.37. The lowest BCUT2D eigenvalue weighted by molar-refractivity contribution is -0.124. The molecule has 1 unspecified atom stereocenters. The number of carbonyl (C=O) groups is 1. The Morgan fingerprint density at radius 1 is 1.25 bits per heavy atom. The highest BCUT2D eigenvalue weighted by Gasteiger charge is 2.67. The lowest BCUT2D eigenvalue weighted by Gasteiger charge is -2.20. The second-order valence-corrected chi connectivity index (χ2v) is 6.82. The van der Waals surface area contributed by atoms with Gasteiger partial charge in [0.2, 0.25) is 17.7 Å². The third-order valence-corrected chi connectivity index (χ3v) is 4.92. The zero-order chi connectivity index (χ0) is 17.4. The minimum atomic E-state index is -0.521. The van der Waals surface area contributed by atoms with E-state index in [0.29, 0.717) is 18.2 Å². The lowest BCUT2D eigenvalue weighted by Crippen LogP contribution is -2.37. The molecular formula is C18H23N3O3. The average Bonchev–Trinajstić information content (AvgIpc) is 2.96. The fraction of sp³-hybridized carbons (Fsp3) is 0.500. The standard InChI is InChI=1S/C18H23N3O3/c1-5-14-20-21-15(24-14)10-19-16(22)18(11-17(18,2)3)12-6-8-13(23-4)9-7-12/h6-9H,5,10-11H2,1-4H3,(H,19,22). The summed E-state index contributed by atoms with van der Waals surface area (Å²) in [5.74, 6) is 1.79. The number of carbonyl (C=O) groups excluding carboxylic acids is 1. The van der Waals surface area contributed by atoms with E-state index in [-0.39, 0.29) is 17.9 Å². The molecule has 1 amide bonds. The highest BCUT2D eigenvalue weighted by atomic mass is 16.5. The van der Waals surface area contributed by atoms with Crippen LogP contribution in [0.3, 0.4) is 0 Å². The maximum Gasteiger partial charge on any atom is 0.235 e. The van der Waals surface area contributed by atoms with Gasteiger partial charge in [0.1, 0.15) is 5.75 Å². The maximum absolute atomic E-state index is 12.9. The van der Waals surface area contributed by atoms with Crippen molar-refractivity contribution in [3.63, 3.8) is 0 Å². The molecule has 0 spiro atoms. The first-order chi connectivity index (χ1) is 11.4. The maximum atomic E-state index is 12.9. The fourth-order valence-electron chi connectivity index (χ4n) is 3.32. The first-order valence-electron chi connectivity index (χ1n) is 8.17. The number of hydrogen-bond donors (Lipinski definition) is 1. The van der Waals surface area contributed by atoms with Crippen molar-refractivity contribution in [1.82, 2.24) is 15.5 Å². The molecule has 0 saturated heterocycles. The average molecular weight is 329 g/mol. The molecule has 24 heavy (non-hydrogen) atoms. The highest BCUT2D eigenvalue weighted by molar-refractivity contribution is 5.93. The predicted octanol–water partition coefficient (Wildman–Crippen LogP) is 2.62. The van der Waals surface area contributed by atoms with Gasteiger partial charge in [-0.25, -0.2) is 0 Å². The molecule has 1 saturated carbocycles. The largest absolute Gasteiger partial charge is 0.497 e. The molecule has 1 N–H and O–H groups in total. The second kappa shape index (κ2) is 5.92. The van der Waals surface area contributed by atoms with Crippen LogP contribution in [-0.4, -0.2) is 23.2 Å². The minimum absolute atomic E-state index is 0.00563. The number of nitrogens with zero attached hydrogens (tertiary/aromatic N) is 2. The summed E-state index contributed by atoms with van der Waals surface area (Å²) in [5.41, 5.74) is 0.396. The molecule has 2 aromatic rings. The number of amides is 1. The Labute approximate surface area is 141 Å². The number of ether oxygens (including phenoxy) is 1. The SMILES string of the molecule is CCc1nnc(CNC(=O)C2(c3ccc(OC)cc3)CC2(C)C)o1. The first-order valence-corrected chi connectivity index (χ1v) is 8.17. The summed E-state index contributed by atoms with van der Waals surface area (Å²) >= 11 is 0. The molecule has 0 bridgehead atoms. The Bertz CT molecular complexity index is 736. The number of hydrogen-bond acceptors (Lipinski definition) is 5. The molecule has 6 heteroatoms. The molecule has 1 aromatic carbocycles. The van der Waals surface area contributed by atoms with Crippen LogP contribution in [0.25, 0.3) is 0 Å². The summed E-state index contributed by atoms with van der Waals surface area (Å²) in [6, 6.07) is 7.72. The van der Waals surface area contributed by atoms with Crippen molar-refractivity contribution in [2.75, 3.05) is 7.11 Å². The van der Waals surface area contributed by atoms with Crippen LogP contribution in [0.15, 0.2) is 28.7 Å². The highest BCUT2D eigenvalue weighted by Crippen LogP contribution is 2.64. The van der Waals surface area contributed by atoms with E-state index in [9.17, 15) is 4.79 Å². The van der Waals surface area contributed by atoms with E-state index in [1.54, 1.807) is 7.11 Å². The number of nitrogens with one attached hydrogen (secondary N) is 1. The van der Waals surface area contributed by atoms with Gasteiger partial charge in [0.05, 0.1) is 19.1 Å². The van der Waals surface area contributed by atoms with Crippen LogP contribution in [0.1, 0.15) is 44.5 Å². The van der Waals surface area contributed by atoms with Gasteiger partial charge in [-0.3, -0.25) is 4.79 Å². The zero-order valence-electron chi connectivity index (χ0n) is 14.5. The van der Waals surface area contributed by atoms with E-state index < -0.39 is 5.41 Å². The van der Waals surface area contributed by atoms with Crippen molar-refractivity contribution >= 4 is 5.91 Å². The van der Waals surface area contributed by atoms with E-state index in [1.165, 1.54) is 0 Å². The number of methoxy groups -OCH3 is 1. The minimum Gasteiger partial charge on any atom is -0.497 e. The van der Waals surface area contributed by atoms with Crippen LogP contribution >= 0.6 is 0 Å². The number of aromatic nitrogens is 2. The van der Waals surface area contributed by atoms with Gasteiger partial charge in [0, 0.05) is 6.42 Å². The van der Waals surface area contributed by atoms with E-state index in [2.05, 4.69) is 29.4 Å². The quantitative estimate of drug-likeness (QED) is 0.881. The van der Waals surface area contributed by atoms with Gasteiger partial charge in [-0.1, -0.05) is 32.9 Å². The van der Waals surface area contributed by atoms with Crippen molar-refractivity contribution in [3.8, 4) is 5.75 Å². The third kappa shape index (κ3) is 2.66. The van der Waals surface area contributed by atoms with Gasteiger partial charge in [0.15, 0.2) is 0 Å². The summed E-state index contributed by atoms with van der Waals surface area (Å²) in [6.07, 6.45) is 1.49. The van der Waals surface area contributed by atoms with Crippen molar-refractivity contribution in [1.29, 1.82) is 0 Å². The molecule has 6 nitrogen and oxygen atoms in total. The summed E-state index contributed by atoms with van der Waals surface area (Å²) in [6.45, 7) is 6.42. The van der Waals surface area contributed by atoms with Crippen molar-refractivity contribution < 1.29 is 13.9 Å². The van der Waals surface area contributed by atoms with Gasteiger partial charge < -0.3 is 14.5 Å². The summed E-state index contributed by atoms with van der Waals surface area (Å²) in [4.78, 5) is 12.9. The molecule has 1 atom stereocenters. The second-order valence-electron chi connectivity index (χ2n) is 6.82. The fourth-order valence-corrected chi connectivity index (χ4v) is 3.32. The molecule has 0 aliphatic heterocycles. The molecule has 1 aliphatic carbocycles. The molecule has 1 aliphatic rings. The lowest BCUT2D eigenvalue weighted by atomic mass is 9.87. The molecule has 3 rings (SSSR count). The normalized spacial score (nSPS) is 21.3. The number of rotatable bonds is 6. The van der Waals surface area contributed by atoms with Gasteiger partial charge in [-0.05, 0) is 29.5 Å². The Balaban J connectivity index is 1.76. The predicted molar refractivity (Wildman–Crippen MR) is 88.6 cm³/mol. The van der Waals surface area contributed by atoms with Crippen LogP contribution < -0.4 is 10.1 Å². The van der Waals surface area contributed by atoms with Crippen LogP contribution in [0.5, 0.6) is 5.75 Å². The molecule has 1 heterocycles. The molecular weight excluding hydrogens is 306 g/mol. The molecule has 1 aromatic heterocycles. The number of benzene rings is 1. The third-order valence-electron chi connectivity index (χ3n) is 4.92. The van der Waals surface area contributed by atoms with Gasteiger partial charge in [0.25, 0.3) is 0 Å². The van der Waals surface area contributed by atoms with E-state index in [4.69, 9.17) is 9.15 Å². The first kappa shape index (κ1) is 16.5. The van der Waals surface area contributed by atoms with Crippen LogP contribution in [0, 0.1) is 5.41 Å². The van der Waals surface area contributed by atoms with Crippen LogP contribution in [0.4, 0.5) is 0 Å². The van der Waals surface area contributed by atoms with Crippen LogP contribution in [0.2, 0.25) is 0 Å². The Morgan fingerprint density at radius 2 is 1.88 bits per heavy atom. The van der Waals surface area contributed by atoms with Crippen molar-refractivity contribution in [3.05, 3.63) is 41.6 Å². The summed E-state index contributed by atoms with van der Waals surface area (Å²) in [7, 11) is 1.63. The Morgan fingerprint density at radius 3 is 2.38 bits per heavy atom. The molecule has 128 valence electrons. The van der Waals surface area contributed by atoms with E-state index in [1.807, 2.05) is 31.2 Å². The smallest absolute Gasteiger partial charge is 0.235 e. The monoisotopic (exact) mass is 329 g/mol. The van der Waals surface area contributed by atoms with Crippen molar-refractivity contribution in [2.45, 2.75) is 45.6 Å². The van der Waals surface area contributed by atoms with Crippen molar-refractivity contribution in [2.24, 2.45) is 5.41 Å². The summed E-state index contributed by atoms with van der Waals surface area (Å²) in [5, 5.41) is 10.8. The number of aryl methyl sites for hydroxylation is 1. The topological polar surface area (TPSA) is 77.2 Å². The summed E-state index contributed by atoms with van der Waals surface area (Å²) < 4.78 is 10.7. The van der Waals surface area contributed by atoms with Gasteiger partial charge in [-0.15, -0.1) is 10.2 Å². The molecule has 0 radical (unpaired) electrons. The molecule has 1 fully saturated rings. The van der Waals surface area contributed by atoms with E-state index in [0.717, 1.165) is 17.7 Å². The zero-order valence-corrected chi connectivity index (χ0v) is 14.5. The van der Waals surface area contributed by atoms with E-state index >= 15 is 0 Å². The van der Waals surface area contributed by atoms with Gasteiger partial charge >= 0.3 is 0 Å².